The monoisotopic (exact) mass is 375 g/mol. The van der Waals surface area contributed by atoms with Crippen LogP contribution < -0.4 is 5.32 Å². The van der Waals surface area contributed by atoms with Crippen LogP contribution in [0.1, 0.15) is 24.5 Å². The first kappa shape index (κ1) is 18.8. The number of hydrogen-bond acceptors (Lipinski definition) is 5. The average molecular weight is 375 g/mol. The summed E-state index contributed by atoms with van der Waals surface area (Å²) in [5, 5.41) is 20.6. The molecule has 144 valence electrons. The number of fused-ring (bicyclic) bond motifs is 2. The zero-order valence-electron chi connectivity index (χ0n) is 14.8. The Bertz CT molecular complexity index is 750. The largest absolute Gasteiger partial charge is 0.480 e. The number of aliphatic hydroxyl groups is 1. The lowest BCUT2D eigenvalue weighted by molar-refractivity contribution is -0.145. The molecule has 1 saturated heterocycles. The normalized spacial score (nSPS) is 20.7. The molecule has 9 nitrogen and oxygen atoms in total. The van der Waals surface area contributed by atoms with Gasteiger partial charge in [-0.25, -0.2) is 9.59 Å². The van der Waals surface area contributed by atoms with Gasteiger partial charge in [-0.05, 0) is 18.1 Å². The Morgan fingerprint density at radius 1 is 1.26 bits per heavy atom. The van der Waals surface area contributed by atoms with Crippen LogP contribution in [0.5, 0.6) is 0 Å². The van der Waals surface area contributed by atoms with Crippen LogP contribution in [0.2, 0.25) is 0 Å². The maximum Gasteiger partial charge on any atom is 0.328 e. The van der Waals surface area contributed by atoms with Crippen molar-refractivity contribution in [2.45, 2.75) is 44.5 Å². The second-order valence-corrected chi connectivity index (χ2v) is 6.76. The highest BCUT2D eigenvalue weighted by atomic mass is 16.4. The van der Waals surface area contributed by atoms with Crippen LogP contribution in [0.3, 0.4) is 0 Å². The molecule has 0 saturated carbocycles. The number of rotatable bonds is 6. The van der Waals surface area contributed by atoms with Gasteiger partial charge < -0.3 is 20.4 Å². The van der Waals surface area contributed by atoms with Gasteiger partial charge in [-0.2, -0.15) is 0 Å². The second kappa shape index (κ2) is 7.36. The van der Waals surface area contributed by atoms with E-state index in [9.17, 15) is 24.3 Å². The molecule has 0 aromatic heterocycles. The van der Waals surface area contributed by atoms with E-state index in [0.29, 0.717) is 13.0 Å². The molecule has 3 N–H and O–H groups in total. The molecule has 1 aromatic rings. The molecule has 9 heteroatoms. The number of nitrogens with one attached hydrogen (secondary N) is 1. The minimum atomic E-state index is -1.44. The summed E-state index contributed by atoms with van der Waals surface area (Å²) in [5.74, 6) is -2.37. The first-order valence-corrected chi connectivity index (χ1v) is 8.68. The van der Waals surface area contributed by atoms with E-state index in [0.717, 1.165) is 16.0 Å². The Morgan fingerprint density at radius 3 is 2.56 bits per heavy atom. The van der Waals surface area contributed by atoms with E-state index in [2.05, 4.69) is 5.32 Å². The van der Waals surface area contributed by atoms with Gasteiger partial charge in [0.15, 0.2) is 6.04 Å². The molecule has 3 rings (SSSR count). The molecule has 2 heterocycles. The SMILES string of the molecule is C[C@H](O)[C@H](NC(=O)CCN1C(=O)[C@@H]2Cc3ccccc3CN2C1=O)C(=O)O. The molecular weight excluding hydrogens is 354 g/mol. The summed E-state index contributed by atoms with van der Waals surface area (Å²) in [4.78, 5) is 50.7. The number of carboxylic acids is 1. The van der Waals surface area contributed by atoms with Crippen molar-refractivity contribution >= 4 is 23.8 Å². The van der Waals surface area contributed by atoms with Crippen LogP contribution in [0.4, 0.5) is 4.79 Å². The number of nitrogens with zero attached hydrogens (tertiary/aromatic N) is 2. The topological polar surface area (TPSA) is 127 Å². The predicted octanol–water partition coefficient (Wildman–Crippen LogP) is -0.284. The number of aliphatic hydroxyl groups excluding tert-OH is 1. The summed E-state index contributed by atoms with van der Waals surface area (Å²) in [6.45, 7) is 1.46. The van der Waals surface area contributed by atoms with Gasteiger partial charge in [0.05, 0.1) is 6.10 Å². The van der Waals surface area contributed by atoms with Crippen molar-refractivity contribution in [2.24, 2.45) is 0 Å². The van der Waals surface area contributed by atoms with E-state index >= 15 is 0 Å². The lowest BCUT2D eigenvalue weighted by atomic mass is 9.95. The van der Waals surface area contributed by atoms with Crippen LogP contribution in [-0.2, 0) is 27.3 Å². The van der Waals surface area contributed by atoms with Gasteiger partial charge in [-0.15, -0.1) is 0 Å². The first-order valence-electron chi connectivity index (χ1n) is 8.68. The number of hydrogen-bond donors (Lipinski definition) is 3. The molecule has 1 fully saturated rings. The fraction of sp³-hybridized carbons (Fsp3) is 0.444. The maximum atomic E-state index is 12.6. The minimum Gasteiger partial charge on any atom is -0.480 e. The summed E-state index contributed by atoms with van der Waals surface area (Å²) in [6, 6.07) is 5.16. The molecule has 0 radical (unpaired) electrons. The van der Waals surface area contributed by atoms with Gasteiger partial charge in [-0.3, -0.25) is 14.5 Å². The summed E-state index contributed by atoms with van der Waals surface area (Å²) in [5.41, 5.74) is 2.02. The molecular formula is C18H21N3O6. The molecule has 3 atom stereocenters. The second-order valence-electron chi connectivity index (χ2n) is 6.76. The smallest absolute Gasteiger partial charge is 0.328 e. The van der Waals surface area contributed by atoms with Gasteiger partial charge in [0.2, 0.25) is 5.91 Å². The van der Waals surface area contributed by atoms with E-state index in [1.54, 1.807) is 0 Å². The Balaban J connectivity index is 1.62. The van der Waals surface area contributed by atoms with Gasteiger partial charge in [-0.1, -0.05) is 24.3 Å². The third-order valence-electron chi connectivity index (χ3n) is 4.90. The minimum absolute atomic E-state index is 0.140. The van der Waals surface area contributed by atoms with Crippen LogP contribution >= 0.6 is 0 Å². The third-order valence-corrected chi connectivity index (χ3v) is 4.90. The molecule has 0 bridgehead atoms. The zero-order valence-corrected chi connectivity index (χ0v) is 14.8. The number of imide groups is 1. The number of amides is 4. The molecule has 0 unspecified atom stereocenters. The molecule has 4 amide bonds. The quantitative estimate of drug-likeness (QED) is 0.587. The van der Waals surface area contributed by atoms with Crippen molar-refractivity contribution in [2.75, 3.05) is 6.54 Å². The van der Waals surface area contributed by atoms with Crippen LogP contribution in [0.15, 0.2) is 24.3 Å². The van der Waals surface area contributed by atoms with Gasteiger partial charge in [0.1, 0.15) is 6.04 Å². The number of urea groups is 1. The summed E-state index contributed by atoms with van der Waals surface area (Å²) >= 11 is 0. The highest BCUT2D eigenvalue weighted by molar-refractivity contribution is 6.05. The molecule has 0 aliphatic carbocycles. The Morgan fingerprint density at radius 2 is 1.93 bits per heavy atom. The third kappa shape index (κ3) is 3.63. The standard InChI is InChI=1S/C18H21N3O6/c1-10(22)15(17(25)26)19-14(23)6-7-20-16(24)13-8-11-4-2-3-5-12(11)9-21(13)18(20)27/h2-5,10,13,15,22H,6-9H2,1H3,(H,19,23)(H,25,26)/t10-,13-,15-/m0/s1. The van der Waals surface area contributed by atoms with E-state index in [4.69, 9.17) is 5.11 Å². The summed E-state index contributed by atoms with van der Waals surface area (Å²) < 4.78 is 0. The number of benzene rings is 1. The van der Waals surface area contributed by atoms with Crippen LogP contribution in [-0.4, -0.2) is 68.6 Å². The molecule has 2 aliphatic rings. The summed E-state index contributed by atoms with van der Waals surface area (Å²) in [6.07, 6.45) is -1.07. The number of aliphatic carboxylic acids is 1. The van der Waals surface area contributed by atoms with Gasteiger partial charge in [0.25, 0.3) is 5.91 Å². The molecule has 1 aromatic carbocycles. The van der Waals surface area contributed by atoms with Crippen molar-refractivity contribution < 1.29 is 29.4 Å². The number of carbonyl (C=O) groups is 4. The highest BCUT2D eigenvalue weighted by Crippen LogP contribution is 2.29. The predicted molar refractivity (Wildman–Crippen MR) is 92.5 cm³/mol. The Hall–Kier alpha value is -2.94. The Labute approximate surface area is 155 Å². The van der Waals surface area contributed by atoms with E-state index < -0.39 is 36.1 Å². The zero-order chi connectivity index (χ0) is 19.7. The van der Waals surface area contributed by atoms with Gasteiger partial charge >= 0.3 is 12.0 Å². The van der Waals surface area contributed by atoms with E-state index in [1.807, 2.05) is 24.3 Å². The molecule has 2 aliphatic heterocycles. The maximum absolute atomic E-state index is 12.6. The Kier molecular flexibility index (Phi) is 5.13. The van der Waals surface area contributed by atoms with Crippen molar-refractivity contribution in [1.29, 1.82) is 0 Å². The lowest BCUT2D eigenvalue weighted by Crippen LogP contribution is -2.48. The number of carbonyl (C=O) groups excluding carboxylic acids is 3. The fourth-order valence-corrected chi connectivity index (χ4v) is 3.43. The van der Waals surface area contributed by atoms with Crippen molar-refractivity contribution in [3.8, 4) is 0 Å². The molecule has 0 spiro atoms. The lowest BCUT2D eigenvalue weighted by Gasteiger charge is -2.28. The highest BCUT2D eigenvalue weighted by Gasteiger charge is 2.46. The van der Waals surface area contributed by atoms with Crippen LogP contribution in [0, 0.1) is 0 Å². The molecule has 27 heavy (non-hydrogen) atoms. The van der Waals surface area contributed by atoms with Crippen molar-refractivity contribution in [1.82, 2.24) is 15.1 Å². The first-order chi connectivity index (χ1) is 12.8. The van der Waals surface area contributed by atoms with E-state index in [1.165, 1.54) is 11.8 Å². The van der Waals surface area contributed by atoms with Crippen molar-refractivity contribution in [3.05, 3.63) is 35.4 Å². The van der Waals surface area contributed by atoms with Gasteiger partial charge in [0, 0.05) is 25.9 Å². The number of carboxylic acid groups (broad SMARTS) is 1. The van der Waals surface area contributed by atoms with Crippen molar-refractivity contribution in [3.63, 3.8) is 0 Å². The average Bonchev–Trinajstić information content (AvgIpc) is 2.86. The van der Waals surface area contributed by atoms with Crippen LogP contribution in [0.25, 0.3) is 0 Å². The summed E-state index contributed by atoms with van der Waals surface area (Å²) in [7, 11) is 0. The fourth-order valence-electron chi connectivity index (χ4n) is 3.43. The van der Waals surface area contributed by atoms with E-state index in [-0.39, 0.29) is 18.9 Å².